The fourth-order valence-corrected chi connectivity index (χ4v) is 3.28. The van der Waals surface area contributed by atoms with Crippen LogP contribution in [-0.2, 0) is 0 Å². The molecule has 3 N–H and O–H groups in total. The molecule has 1 aliphatic heterocycles. The fraction of sp³-hybridized carbons (Fsp3) is 0.286. The summed E-state index contributed by atoms with van der Waals surface area (Å²) < 4.78 is 0. The van der Waals surface area contributed by atoms with Crippen molar-refractivity contribution in [3.63, 3.8) is 0 Å². The zero-order chi connectivity index (χ0) is 19.3. The van der Waals surface area contributed by atoms with Gasteiger partial charge >= 0.3 is 0 Å². The van der Waals surface area contributed by atoms with E-state index in [1.165, 1.54) is 0 Å². The summed E-state index contributed by atoms with van der Waals surface area (Å²) in [5.74, 6) is 1.42. The van der Waals surface area contributed by atoms with E-state index >= 15 is 0 Å². The van der Waals surface area contributed by atoms with Crippen LogP contribution >= 0.6 is 0 Å². The van der Waals surface area contributed by atoms with E-state index < -0.39 is 0 Å². The summed E-state index contributed by atoms with van der Waals surface area (Å²) in [7, 11) is 0. The van der Waals surface area contributed by atoms with Gasteiger partial charge in [0.2, 0.25) is 0 Å². The van der Waals surface area contributed by atoms with Crippen LogP contribution in [-0.4, -0.2) is 57.5 Å². The van der Waals surface area contributed by atoms with Gasteiger partial charge < -0.3 is 20.4 Å². The number of aliphatic hydroxyl groups excluding tert-OH is 2. The molecule has 3 aromatic rings. The standard InChI is InChI=1S/C21H23N5O2/c27-11-9-23-17-5-3-15(4-6-17)19-12-20(26-10-7-18(28)14-26)25-21(24-19)16-2-1-8-22-13-16/h1-6,8,12-13,18,23,27-28H,7,9-11,14H2. The highest BCUT2D eigenvalue weighted by molar-refractivity contribution is 5.69. The highest BCUT2D eigenvalue weighted by atomic mass is 16.3. The summed E-state index contributed by atoms with van der Waals surface area (Å²) in [6.07, 6.45) is 3.90. The number of hydrogen-bond acceptors (Lipinski definition) is 7. The molecule has 7 nitrogen and oxygen atoms in total. The number of benzene rings is 1. The third kappa shape index (κ3) is 4.11. The van der Waals surface area contributed by atoms with Crippen molar-refractivity contribution >= 4 is 11.5 Å². The zero-order valence-corrected chi connectivity index (χ0v) is 15.5. The molecule has 7 heteroatoms. The maximum Gasteiger partial charge on any atom is 0.163 e. The number of nitrogens with one attached hydrogen (secondary N) is 1. The Labute approximate surface area is 163 Å². The van der Waals surface area contributed by atoms with Gasteiger partial charge in [-0.3, -0.25) is 4.98 Å². The van der Waals surface area contributed by atoms with E-state index in [0.717, 1.165) is 41.3 Å². The van der Waals surface area contributed by atoms with Crippen molar-refractivity contribution in [1.82, 2.24) is 15.0 Å². The molecule has 0 aliphatic carbocycles. The van der Waals surface area contributed by atoms with Crippen LogP contribution in [0.25, 0.3) is 22.6 Å². The lowest BCUT2D eigenvalue weighted by atomic mass is 10.1. The smallest absolute Gasteiger partial charge is 0.163 e. The number of β-amino-alcohol motifs (C(OH)–C–C–N with tert-alkyl or cyclic N) is 1. The number of anilines is 2. The number of aromatic nitrogens is 3. The molecule has 1 aliphatic rings. The molecule has 28 heavy (non-hydrogen) atoms. The van der Waals surface area contributed by atoms with E-state index in [1.54, 1.807) is 12.4 Å². The summed E-state index contributed by atoms with van der Waals surface area (Å²) in [5, 5.41) is 22.0. The summed E-state index contributed by atoms with van der Waals surface area (Å²) in [6, 6.07) is 13.7. The quantitative estimate of drug-likeness (QED) is 0.606. The van der Waals surface area contributed by atoms with Gasteiger partial charge in [0.15, 0.2) is 5.82 Å². The van der Waals surface area contributed by atoms with Crippen molar-refractivity contribution in [3.05, 3.63) is 54.9 Å². The van der Waals surface area contributed by atoms with E-state index in [-0.39, 0.29) is 12.7 Å². The molecule has 2 aromatic heterocycles. The van der Waals surface area contributed by atoms with Crippen LogP contribution in [0.1, 0.15) is 6.42 Å². The van der Waals surface area contributed by atoms with Crippen molar-refractivity contribution in [2.45, 2.75) is 12.5 Å². The predicted molar refractivity (Wildman–Crippen MR) is 109 cm³/mol. The van der Waals surface area contributed by atoms with Gasteiger partial charge in [-0.15, -0.1) is 0 Å². The molecule has 1 atom stereocenters. The molecule has 0 amide bonds. The second-order valence-electron chi connectivity index (χ2n) is 6.79. The molecule has 4 rings (SSSR count). The molecule has 1 unspecified atom stereocenters. The second-order valence-corrected chi connectivity index (χ2v) is 6.79. The third-order valence-corrected chi connectivity index (χ3v) is 4.74. The first-order chi connectivity index (χ1) is 13.7. The Morgan fingerprint density at radius 2 is 1.96 bits per heavy atom. The SMILES string of the molecule is OCCNc1ccc(-c2cc(N3CCC(O)C3)nc(-c3cccnc3)n2)cc1. The lowest BCUT2D eigenvalue weighted by Gasteiger charge is -2.18. The largest absolute Gasteiger partial charge is 0.395 e. The molecule has 1 saturated heterocycles. The van der Waals surface area contributed by atoms with Crippen LogP contribution in [0, 0.1) is 0 Å². The normalized spacial score (nSPS) is 16.4. The van der Waals surface area contributed by atoms with E-state index in [1.807, 2.05) is 42.5 Å². The van der Waals surface area contributed by atoms with Crippen LogP contribution in [0.5, 0.6) is 0 Å². The summed E-state index contributed by atoms with van der Waals surface area (Å²) >= 11 is 0. The maximum atomic E-state index is 9.92. The summed E-state index contributed by atoms with van der Waals surface area (Å²) in [6.45, 7) is 1.95. The molecule has 0 saturated carbocycles. The average molecular weight is 377 g/mol. The Morgan fingerprint density at radius 3 is 2.64 bits per heavy atom. The lowest BCUT2D eigenvalue weighted by molar-refractivity contribution is 0.198. The molecule has 144 valence electrons. The Hall–Kier alpha value is -3.03. The van der Waals surface area contributed by atoms with Gasteiger partial charge in [0.1, 0.15) is 5.82 Å². The highest BCUT2D eigenvalue weighted by Crippen LogP contribution is 2.28. The van der Waals surface area contributed by atoms with Crippen molar-refractivity contribution < 1.29 is 10.2 Å². The minimum atomic E-state index is -0.322. The molecule has 0 radical (unpaired) electrons. The van der Waals surface area contributed by atoms with Gasteiger partial charge in [-0.05, 0) is 30.7 Å². The molecule has 1 fully saturated rings. The molecule has 3 heterocycles. The monoisotopic (exact) mass is 377 g/mol. The van der Waals surface area contributed by atoms with Gasteiger partial charge in [0.25, 0.3) is 0 Å². The first-order valence-electron chi connectivity index (χ1n) is 9.40. The number of nitrogens with zero attached hydrogens (tertiary/aromatic N) is 4. The minimum absolute atomic E-state index is 0.0905. The number of hydrogen-bond donors (Lipinski definition) is 3. The Morgan fingerprint density at radius 1 is 1.11 bits per heavy atom. The van der Waals surface area contributed by atoms with Gasteiger partial charge in [-0.2, -0.15) is 0 Å². The minimum Gasteiger partial charge on any atom is -0.395 e. The fourth-order valence-electron chi connectivity index (χ4n) is 3.28. The van der Waals surface area contributed by atoms with E-state index in [4.69, 9.17) is 15.1 Å². The Balaban J connectivity index is 1.71. The summed E-state index contributed by atoms with van der Waals surface area (Å²) in [5.41, 5.74) is 3.59. The Bertz CT molecular complexity index is 918. The van der Waals surface area contributed by atoms with E-state index in [0.29, 0.717) is 18.9 Å². The maximum absolute atomic E-state index is 9.92. The Kier molecular flexibility index (Phi) is 5.45. The molecule has 0 spiro atoms. The van der Waals surface area contributed by atoms with Crippen molar-refractivity contribution in [2.75, 3.05) is 36.5 Å². The number of aliphatic hydroxyl groups is 2. The van der Waals surface area contributed by atoms with Crippen LogP contribution in [0.3, 0.4) is 0 Å². The average Bonchev–Trinajstić information content (AvgIpc) is 3.19. The highest BCUT2D eigenvalue weighted by Gasteiger charge is 2.23. The van der Waals surface area contributed by atoms with Crippen LogP contribution < -0.4 is 10.2 Å². The molecule has 0 bridgehead atoms. The van der Waals surface area contributed by atoms with Gasteiger partial charge in [-0.1, -0.05) is 12.1 Å². The first kappa shape index (κ1) is 18.3. The van der Waals surface area contributed by atoms with Crippen LogP contribution in [0.4, 0.5) is 11.5 Å². The van der Waals surface area contributed by atoms with Crippen LogP contribution in [0.2, 0.25) is 0 Å². The van der Waals surface area contributed by atoms with Gasteiger partial charge in [-0.25, -0.2) is 9.97 Å². The number of rotatable bonds is 6. The second kappa shape index (κ2) is 8.33. The zero-order valence-electron chi connectivity index (χ0n) is 15.5. The van der Waals surface area contributed by atoms with E-state index in [9.17, 15) is 5.11 Å². The third-order valence-electron chi connectivity index (χ3n) is 4.74. The van der Waals surface area contributed by atoms with Crippen molar-refractivity contribution in [1.29, 1.82) is 0 Å². The van der Waals surface area contributed by atoms with Gasteiger partial charge in [0.05, 0.1) is 18.4 Å². The van der Waals surface area contributed by atoms with Crippen LogP contribution in [0.15, 0.2) is 54.9 Å². The van der Waals surface area contributed by atoms with E-state index in [2.05, 4.69) is 15.2 Å². The molecular weight excluding hydrogens is 354 g/mol. The lowest BCUT2D eigenvalue weighted by Crippen LogP contribution is -2.22. The predicted octanol–water partition coefficient (Wildman–Crippen LogP) is 2.18. The van der Waals surface area contributed by atoms with Crippen molar-refractivity contribution in [2.24, 2.45) is 0 Å². The number of pyridine rings is 1. The first-order valence-corrected chi connectivity index (χ1v) is 9.40. The molecular formula is C21H23N5O2. The van der Waals surface area contributed by atoms with Crippen molar-refractivity contribution in [3.8, 4) is 22.6 Å². The molecule has 1 aromatic carbocycles. The summed E-state index contributed by atoms with van der Waals surface area (Å²) in [4.78, 5) is 15.8. The van der Waals surface area contributed by atoms with Gasteiger partial charge in [0, 0.05) is 54.9 Å². The topological polar surface area (TPSA) is 94.4 Å².